The molecular weight excluding hydrogens is 212 g/mol. The van der Waals surface area contributed by atoms with E-state index in [1.807, 2.05) is 6.07 Å². The molecule has 0 bridgehead atoms. The van der Waals surface area contributed by atoms with Crippen LogP contribution in [-0.4, -0.2) is 15.0 Å². The Balaban J connectivity index is 2.21. The lowest BCUT2D eigenvalue weighted by molar-refractivity contribution is 0.568. The Morgan fingerprint density at radius 3 is 3.07 bits per heavy atom. The average Bonchev–Trinajstić information content (AvgIpc) is 2.82. The highest BCUT2D eigenvalue weighted by atomic mass is 32.1. The number of rotatable bonds is 1. The minimum absolute atomic E-state index is 0.481. The normalized spacial score (nSPS) is 10.9. The van der Waals surface area contributed by atoms with Crippen LogP contribution >= 0.6 is 11.3 Å². The molecular formula is C9H6N4OS. The zero-order valence-corrected chi connectivity index (χ0v) is 8.36. The maximum Gasteiger partial charge on any atom is 0.191 e. The molecule has 15 heavy (non-hydrogen) atoms. The fourth-order valence-electron chi connectivity index (χ4n) is 1.29. The number of nitrogens with zero attached hydrogens (tertiary/aromatic N) is 3. The molecule has 2 N–H and O–H groups in total. The number of anilines is 1. The topological polar surface area (TPSA) is 77.8 Å². The van der Waals surface area contributed by atoms with E-state index < -0.39 is 0 Å². The Bertz CT molecular complexity index is 602. The van der Waals surface area contributed by atoms with Crippen LogP contribution in [0.4, 0.5) is 5.13 Å². The minimum Gasteiger partial charge on any atom is -0.472 e. The standard InChI is InChI=1S/C9H6N4OS/c10-9-13-7-8(15-9)12-6(3-11-7)5-1-2-14-4-5/h1-4H,(H2,10,11,13). The van der Waals surface area contributed by atoms with Gasteiger partial charge in [0.25, 0.3) is 0 Å². The third-order valence-electron chi connectivity index (χ3n) is 1.96. The lowest BCUT2D eigenvalue weighted by Crippen LogP contribution is -1.85. The molecule has 6 heteroatoms. The van der Waals surface area contributed by atoms with Gasteiger partial charge < -0.3 is 10.2 Å². The third kappa shape index (κ3) is 1.35. The smallest absolute Gasteiger partial charge is 0.191 e. The van der Waals surface area contributed by atoms with Crippen molar-refractivity contribution in [2.45, 2.75) is 0 Å². The van der Waals surface area contributed by atoms with Gasteiger partial charge in [-0.25, -0.2) is 9.97 Å². The molecule has 5 nitrogen and oxygen atoms in total. The molecule has 0 unspecified atom stereocenters. The molecule has 0 fully saturated rings. The average molecular weight is 218 g/mol. The Hall–Kier alpha value is -1.95. The van der Waals surface area contributed by atoms with E-state index in [1.165, 1.54) is 11.3 Å². The number of hydrogen-bond donors (Lipinski definition) is 1. The summed E-state index contributed by atoms with van der Waals surface area (Å²) in [7, 11) is 0. The number of hydrogen-bond acceptors (Lipinski definition) is 6. The van der Waals surface area contributed by atoms with Crippen molar-refractivity contribution in [1.29, 1.82) is 0 Å². The van der Waals surface area contributed by atoms with E-state index in [-0.39, 0.29) is 0 Å². The van der Waals surface area contributed by atoms with Crippen LogP contribution in [0.15, 0.2) is 29.2 Å². The highest BCUT2D eigenvalue weighted by molar-refractivity contribution is 7.21. The summed E-state index contributed by atoms with van der Waals surface area (Å²) in [6, 6.07) is 1.83. The number of aromatic nitrogens is 3. The first-order chi connectivity index (χ1) is 7.33. The van der Waals surface area contributed by atoms with Crippen LogP contribution in [0, 0.1) is 0 Å². The molecule has 0 atom stereocenters. The van der Waals surface area contributed by atoms with Crippen LogP contribution < -0.4 is 5.73 Å². The van der Waals surface area contributed by atoms with E-state index in [0.717, 1.165) is 16.1 Å². The summed E-state index contributed by atoms with van der Waals surface area (Å²) in [5.41, 5.74) is 7.82. The van der Waals surface area contributed by atoms with Crippen molar-refractivity contribution >= 4 is 26.9 Å². The predicted octanol–water partition coefficient (Wildman–Crippen LogP) is 1.93. The van der Waals surface area contributed by atoms with Gasteiger partial charge in [-0.1, -0.05) is 11.3 Å². The van der Waals surface area contributed by atoms with Crippen LogP contribution in [0.1, 0.15) is 0 Å². The van der Waals surface area contributed by atoms with Crippen molar-refractivity contribution in [2.24, 2.45) is 0 Å². The molecule has 0 saturated carbocycles. The van der Waals surface area contributed by atoms with Gasteiger partial charge in [-0.05, 0) is 6.07 Å². The van der Waals surface area contributed by atoms with Crippen molar-refractivity contribution in [2.75, 3.05) is 5.73 Å². The van der Waals surface area contributed by atoms with Gasteiger partial charge in [0.05, 0.1) is 24.4 Å². The molecule has 3 aromatic heterocycles. The summed E-state index contributed by atoms with van der Waals surface area (Å²) < 4.78 is 4.98. The van der Waals surface area contributed by atoms with Crippen LogP contribution in [-0.2, 0) is 0 Å². The summed E-state index contributed by atoms with van der Waals surface area (Å²) >= 11 is 1.33. The van der Waals surface area contributed by atoms with E-state index in [1.54, 1.807) is 18.7 Å². The zero-order valence-electron chi connectivity index (χ0n) is 7.54. The number of furan rings is 1. The Morgan fingerprint density at radius 2 is 2.27 bits per heavy atom. The van der Waals surface area contributed by atoms with Gasteiger partial charge in [0.2, 0.25) is 0 Å². The fourth-order valence-corrected chi connectivity index (χ4v) is 1.95. The first-order valence-corrected chi connectivity index (χ1v) is 5.06. The minimum atomic E-state index is 0.481. The molecule has 3 heterocycles. The maximum absolute atomic E-state index is 5.57. The summed E-state index contributed by atoms with van der Waals surface area (Å²) in [5, 5.41) is 0.481. The molecule has 0 aliphatic rings. The van der Waals surface area contributed by atoms with E-state index in [9.17, 15) is 0 Å². The van der Waals surface area contributed by atoms with Crippen LogP contribution in [0.2, 0.25) is 0 Å². The lowest BCUT2D eigenvalue weighted by Gasteiger charge is -1.93. The van der Waals surface area contributed by atoms with Crippen LogP contribution in [0.3, 0.4) is 0 Å². The number of nitrogens with two attached hydrogens (primary N) is 1. The molecule has 0 spiro atoms. The van der Waals surface area contributed by atoms with Gasteiger partial charge >= 0.3 is 0 Å². The molecule has 0 radical (unpaired) electrons. The zero-order chi connectivity index (χ0) is 10.3. The van der Waals surface area contributed by atoms with E-state index in [2.05, 4.69) is 15.0 Å². The third-order valence-corrected chi connectivity index (χ3v) is 2.72. The quantitative estimate of drug-likeness (QED) is 0.675. The molecule has 0 amide bonds. The highest BCUT2D eigenvalue weighted by Crippen LogP contribution is 2.23. The van der Waals surface area contributed by atoms with Gasteiger partial charge in [0, 0.05) is 5.56 Å². The molecule has 0 aliphatic carbocycles. The van der Waals surface area contributed by atoms with Gasteiger partial charge in [-0.3, -0.25) is 0 Å². The fraction of sp³-hybridized carbons (Fsp3) is 0. The number of fused-ring (bicyclic) bond motifs is 1. The lowest BCUT2D eigenvalue weighted by atomic mass is 10.2. The highest BCUT2D eigenvalue weighted by Gasteiger charge is 2.07. The van der Waals surface area contributed by atoms with Crippen LogP contribution in [0.25, 0.3) is 21.7 Å². The molecule has 3 aromatic rings. The van der Waals surface area contributed by atoms with Crippen molar-refractivity contribution in [3.8, 4) is 11.3 Å². The number of thiazole rings is 1. The van der Waals surface area contributed by atoms with Crippen molar-refractivity contribution < 1.29 is 4.42 Å². The van der Waals surface area contributed by atoms with Gasteiger partial charge in [0.15, 0.2) is 15.6 Å². The Morgan fingerprint density at radius 1 is 1.33 bits per heavy atom. The summed E-state index contributed by atoms with van der Waals surface area (Å²) in [4.78, 5) is 13.3. The van der Waals surface area contributed by atoms with Gasteiger partial charge in [0.1, 0.15) is 0 Å². The number of nitrogen functional groups attached to an aromatic ring is 1. The SMILES string of the molecule is Nc1nc2ncc(-c3ccoc3)nc2s1. The van der Waals surface area contributed by atoms with Gasteiger partial charge in [-0.2, -0.15) is 4.98 Å². The summed E-state index contributed by atoms with van der Waals surface area (Å²) in [6.45, 7) is 0. The second kappa shape index (κ2) is 3.03. The Kier molecular flexibility index (Phi) is 1.69. The van der Waals surface area contributed by atoms with E-state index in [4.69, 9.17) is 10.2 Å². The first kappa shape index (κ1) is 8.37. The molecule has 0 aliphatic heterocycles. The predicted molar refractivity (Wildman–Crippen MR) is 57.3 cm³/mol. The monoisotopic (exact) mass is 218 g/mol. The largest absolute Gasteiger partial charge is 0.472 e. The van der Waals surface area contributed by atoms with E-state index in [0.29, 0.717) is 10.8 Å². The summed E-state index contributed by atoms with van der Waals surface area (Å²) in [6.07, 6.45) is 4.88. The second-order valence-corrected chi connectivity index (χ2v) is 3.96. The molecule has 0 saturated heterocycles. The van der Waals surface area contributed by atoms with E-state index >= 15 is 0 Å². The van der Waals surface area contributed by atoms with Gasteiger partial charge in [-0.15, -0.1) is 0 Å². The second-order valence-electron chi connectivity index (χ2n) is 2.95. The molecule has 0 aromatic carbocycles. The van der Waals surface area contributed by atoms with Crippen molar-refractivity contribution in [1.82, 2.24) is 15.0 Å². The van der Waals surface area contributed by atoms with Crippen molar-refractivity contribution in [3.63, 3.8) is 0 Å². The van der Waals surface area contributed by atoms with Crippen molar-refractivity contribution in [3.05, 3.63) is 24.8 Å². The first-order valence-electron chi connectivity index (χ1n) is 4.24. The van der Waals surface area contributed by atoms with Crippen LogP contribution in [0.5, 0.6) is 0 Å². The summed E-state index contributed by atoms with van der Waals surface area (Å²) in [5.74, 6) is 0. The Labute approximate surface area is 88.6 Å². The molecule has 74 valence electrons. The molecule has 3 rings (SSSR count). The maximum atomic E-state index is 5.57.